The summed E-state index contributed by atoms with van der Waals surface area (Å²) < 4.78 is 5.50. The summed E-state index contributed by atoms with van der Waals surface area (Å²) in [5.41, 5.74) is 1.78. The average Bonchev–Trinajstić information content (AvgIpc) is 3.03. The van der Waals surface area contributed by atoms with Gasteiger partial charge in [-0.25, -0.2) is 0 Å². The van der Waals surface area contributed by atoms with E-state index in [1.807, 2.05) is 12.1 Å². The Morgan fingerprint density at radius 2 is 1.91 bits per heavy atom. The Labute approximate surface area is 189 Å². The van der Waals surface area contributed by atoms with Crippen LogP contribution < -0.4 is 4.74 Å². The van der Waals surface area contributed by atoms with Crippen molar-refractivity contribution in [3.63, 3.8) is 0 Å². The second-order valence-corrected chi connectivity index (χ2v) is 9.12. The number of hydrogen-bond acceptors (Lipinski definition) is 5. The molecule has 2 aromatic rings. The van der Waals surface area contributed by atoms with E-state index in [1.165, 1.54) is 0 Å². The fourth-order valence-corrected chi connectivity index (χ4v) is 4.08. The molecule has 1 unspecified atom stereocenters. The molecule has 3 rings (SSSR count). The number of aliphatic hydroxyl groups excluding tert-OH is 1. The monoisotopic (exact) mass is 436 g/mol. The number of pyridine rings is 1. The Morgan fingerprint density at radius 1 is 1.16 bits per heavy atom. The van der Waals surface area contributed by atoms with Crippen molar-refractivity contribution < 1.29 is 19.4 Å². The number of carbonyl (C=O) groups is 2. The molecular weight excluding hydrogens is 404 g/mol. The van der Waals surface area contributed by atoms with Gasteiger partial charge in [0.15, 0.2) is 0 Å². The first-order chi connectivity index (χ1) is 15.2. The third kappa shape index (κ3) is 4.54. The molecule has 0 saturated carbocycles. The molecule has 0 bridgehead atoms. The molecule has 1 saturated heterocycles. The fraction of sp³-hybridized carbons (Fsp3) is 0.423. The number of aromatic nitrogens is 1. The Balaban J connectivity index is 2.16. The van der Waals surface area contributed by atoms with Gasteiger partial charge in [0.25, 0.3) is 11.7 Å². The van der Waals surface area contributed by atoms with Crippen molar-refractivity contribution in [1.29, 1.82) is 0 Å². The summed E-state index contributed by atoms with van der Waals surface area (Å²) in [7, 11) is 1.60. The number of ketones is 1. The van der Waals surface area contributed by atoms with Gasteiger partial charge in [0.1, 0.15) is 17.6 Å². The van der Waals surface area contributed by atoms with Crippen LogP contribution in [0.5, 0.6) is 5.75 Å². The number of likely N-dealkylation sites (tertiary alicyclic amines) is 1. The molecule has 0 aliphatic carbocycles. The minimum absolute atomic E-state index is 0.0789. The summed E-state index contributed by atoms with van der Waals surface area (Å²) in [5, 5.41) is 11.3. The highest BCUT2D eigenvalue weighted by Crippen LogP contribution is 2.40. The van der Waals surface area contributed by atoms with Gasteiger partial charge in [-0.3, -0.25) is 14.6 Å². The summed E-state index contributed by atoms with van der Waals surface area (Å²) in [6.45, 7) is 8.67. The van der Waals surface area contributed by atoms with E-state index in [4.69, 9.17) is 4.74 Å². The van der Waals surface area contributed by atoms with Crippen LogP contribution in [-0.2, 0) is 15.0 Å². The number of Topliss-reactive ketones (excluding diaryl/α,β-unsaturated/α-hetero) is 1. The van der Waals surface area contributed by atoms with Crippen molar-refractivity contribution >= 4 is 17.4 Å². The van der Waals surface area contributed by atoms with E-state index in [9.17, 15) is 14.7 Å². The maximum atomic E-state index is 13.1. The molecule has 1 N–H and O–H groups in total. The molecular formula is C26H32N2O4. The lowest BCUT2D eigenvalue weighted by Gasteiger charge is -2.25. The molecule has 0 radical (unpaired) electrons. The maximum absolute atomic E-state index is 13.1. The third-order valence-corrected chi connectivity index (χ3v) is 5.79. The number of benzene rings is 1. The topological polar surface area (TPSA) is 79.7 Å². The molecule has 1 atom stereocenters. The maximum Gasteiger partial charge on any atom is 0.295 e. The second-order valence-electron chi connectivity index (χ2n) is 9.12. The van der Waals surface area contributed by atoms with Crippen molar-refractivity contribution in [2.24, 2.45) is 0 Å². The zero-order valence-corrected chi connectivity index (χ0v) is 19.5. The SMILES string of the molecule is CCCCCN1C(=O)C(=O)/C(=C(\O)c2ccc(OC)c(C(C)(C)C)c2)C1c1ccccn1. The van der Waals surface area contributed by atoms with Crippen LogP contribution in [0.15, 0.2) is 48.2 Å². The van der Waals surface area contributed by atoms with Gasteiger partial charge in [0, 0.05) is 23.9 Å². The largest absolute Gasteiger partial charge is 0.507 e. The molecule has 1 fully saturated rings. The molecule has 6 heteroatoms. The normalized spacial score (nSPS) is 18.3. The van der Waals surface area contributed by atoms with Crippen molar-refractivity contribution in [2.45, 2.75) is 58.4 Å². The lowest BCUT2D eigenvalue weighted by Crippen LogP contribution is -2.31. The molecule has 6 nitrogen and oxygen atoms in total. The number of hydrogen-bond donors (Lipinski definition) is 1. The van der Waals surface area contributed by atoms with Crippen LogP contribution in [0.2, 0.25) is 0 Å². The summed E-state index contributed by atoms with van der Waals surface area (Å²) in [6.07, 6.45) is 4.36. The summed E-state index contributed by atoms with van der Waals surface area (Å²) in [4.78, 5) is 32.0. The van der Waals surface area contributed by atoms with E-state index >= 15 is 0 Å². The zero-order chi connectivity index (χ0) is 23.5. The van der Waals surface area contributed by atoms with E-state index in [1.54, 1.807) is 42.5 Å². The predicted octanol–water partition coefficient (Wildman–Crippen LogP) is 5.00. The first kappa shape index (κ1) is 23.5. The molecule has 1 aliphatic heterocycles. The number of ether oxygens (including phenoxy) is 1. The zero-order valence-electron chi connectivity index (χ0n) is 19.5. The Kier molecular flexibility index (Phi) is 7.02. The summed E-state index contributed by atoms with van der Waals surface area (Å²) in [5.74, 6) is -0.758. The first-order valence-electron chi connectivity index (χ1n) is 11.1. The van der Waals surface area contributed by atoms with Gasteiger partial charge in [0.05, 0.1) is 18.4 Å². The van der Waals surface area contributed by atoms with Gasteiger partial charge < -0.3 is 14.7 Å². The van der Waals surface area contributed by atoms with Crippen LogP contribution in [0.3, 0.4) is 0 Å². The smallest absolute Gasteiger partial charge is 0.295 e. The van der Waals surface area contributed by atoms with Crippen LogP contribution in [0.4, 0.5) is 0 Å². The van der Waals surface area contributed by atoms with Gasteiger partial charge in [0.2, 0.25) is 0 Å². The molecule has 170 valence electrons. The Bertz CT molecular complexity index is 1020. The van der Waals surface area contributed by atoms with Crippen LogP contribution in [0.1, 0.15) is 69.8 Å². The molecule has 1 aromatic heterocycles. The summed E-state index contributed by atoms with van der Waals surface area (Å²) in [6, 6.07) is 9.99. The predicted molar refractivity (Wildman–Crippen MR) is 124 cm³/mol. The van der Waals surface area contributed by atoms with Crippen LogP contribution in [-0.4, -0.2) is 40.3 Å². The number of rotatable bonds is 7. The van der Waals surface area contributed by atoms with E-state index in [-0.39, 0.29) is 16.7 Å². The average molecular weight is 437 g/mol. The van der Waals surface area contributed by atoms with Crippen molar-refractivity contribution in [1.82, 2.24) is 9.88 Å². The highest BCUT2D eigenvalue weighted by molar-refractivity contribution is 6.46. The number of aliphatic hydroxyl groups is 1. The number of nitrogens with zero attached hydrogens (tertiary/aromatic N) is 2. The van der Waals surface area contributed by atoms with Crippen LogP contribution in [0, 0.1) is 0 Å². The first-order valence-corrected chi connectivity index (χ1v) is 11.1. The van der Waals surface area contributed by atoms with Crippen molar-refractivity contribution in [3.8, 4) is 5.75 Å². The Morgan fingerprint density at radius 3 is 2.50 bits per heavy atom. The number of carbonyl (C=O) groups excluding carboxylic acids is 2. The molecule has 1 amide bonds. The fourth-order valence-electron chi connectivity index (χ4n) is 4.08. The minimum Gasteiger partial charge on any atom is -0.507 e. The molecule has 2 heterocycles. The summed E-state index contributed by atoms with van der Waals surface area (Å²) >= 11 is 0. The van der Waals surface area contributed by atoms with E-state index in [2.05, 4.69) is 32.7 Å². The van der Waals surface area contributed by atoms with E-state index in [0.29, 0.717) is 23.6 Å². The van der Waals surface area contributed by atoms with Crippen molar-refractivity contribution in [2.75, 3.05) is 13.7 Å². The van der Waals surface area contributed by atoms with Gasteiger partial charge in [-0.15, -0.1) is 0 Å². The van der Waals surface area contributed by atoms with Gasteiger partial charge >= 0.3 is 0 Å². The quantitative estimate of drug-likeness (QED) is 0.286. The van der Waals surface area contributed by atoms with Crippen LogP contribution in [0.25, 0.3) is 5.76 Å². The van der Waals surface area contributed by atoms with E-state index < -0.39 is 17.7 Å². The van der Waals surface area contributed by atoms with E-state index in [0.717, 1.165) is 24.8 Å². The van der Waals surface area contributed by atoms with Crippen molar-refractivity contribution in [3.05, 3.63) is 65.0 Å². The molecule has 0 spiro atoms. The molecule has 1 aliphatic rings. The van der Waals surface area contributed by atoms with Crippen LogP contribution >= 0.6 is 0 Å². The minimum atomic E-state index is -0.715. The highest BCUT2D eigenvalue weighted by Gasteiger charge is 2.46. The lowest BCUT2D eigenvalue weighted by molar-refractivity contribution is -0.140. The Hall–Kier alpha value is -3.15. The van der Waals surface area contributed by atoms with Gasteiger partial charge in [-0.1, -0.05) is 46.6 Å². The number of unbranched alkanes of at least 4 members (excludes halogenated alkanes) is 2. The number of methoxy groups -OCH3 is 1. The third-order valence-electron chi connectivity index (χ3n) is 5.79. The highest BCUT2D eigenvalue weighted by atomic mass is 16.5. The second kappa shape index (κ2) is 9.55. The molecule has 32 heavy (non-hydrogen) atoms. The number of amides is 1. The molecule has 1 aromatic carbocycles. The van der Waals surface area contributed by atoms with Gasteiger partial charge in [-0.05, 0) is 42.2 Å². The standard InChI is InChI=1S/C26H32N2O4/c1-6-7-10-15-28-22(19-11-8-9-14-27-19)21(24(30)25(28)31)23(29)17-12-13-20(32-5)18(16-17)26(2,3)4/h8-9,11-14,16,22,29H,6-7,10,15H2,1-5H3/b23-21-. The lowest BCUT2D eigenvalue weighted by atomic mass is 9.84. The van der Waals surface area contributed by atoms with Gasteiger partial charge in [-0.2, -0.15) is 0 Å².